The molecule has 6 heteroatoms. The molecule has 3 saturated heterocycles. The molecular formula is C19H27N3O3. The minimum absolute atomic E-state index is 0.0980. The number of likely N-dealkylation sites (tertiary alicyclic amines) is 1. The number of hydrogen-bond donors (Lipinski definition) is 0. The summed E-state index contributed by atoms with van der Waals surface area (Å²) in [7, 11) is 0. The van der Waals surface area contributed by atoms with Crippen LogP contribution in [0.4, 0.5) is 0 Å². The lowest BCUT2D eigenvalue weighted by molar-refractivity contribution is -0.138. The van der Waals surface area contributed by atoms with Crippen LogP contribution < -0.4 is 0 Å². The molecule has 0 aliphatic carbocycles. The van der Waals surface area contributed by atoms with Crippen LogP contribution in [0.25, 0.3) is 0 Å². The molecule has 4 heterocycles. The number of rotatable bonds is 4. The molecule has 1 amide bonds. The van der Waals surface area contributed by atoms with Crippen molar-refractivity contribution in [3.63, 3.8) is 0 Å². The monoisotopic (exact) mass is 345 g/mol. The van der Waals surface area contributed by atoms with Gasteiger partial charge in [-0.3, -0.25) is 14.7 Å². The van der Waals surface area contributed by atoms with E-state index in [2.05, 4.69) is 16.0 Å². The summed E-state index contributed by atoms with van der Waals surface area (Å²) in [6.07, 6.45) is 5.51. The van der Waals surface area contributed by atoms with E-state index in [4.69, 9.17) is 9.47 Å². The first-order valence-electron chi connectivity index (χ1n) is 9.38. The highest BCUT2D eigenvalue weighted by atomic mass is 16.5. The quantitative estimate of drug-likeness (QED) is 0.820. The second-order valence-electron chi connectivity index (χ2n) is 7.38. The van der Waals surface area contributed by atoms with Crippen molar-refractivity contribution in [2.45, 2.75) is 25.5 Å². The number of piperidine rings is 1. The minimum atomic E-state index is 0.0980. The lowest BCUT2D eigenvalue weighted by Gasteiger charge is -2.36. The molecule has 4 rings (SSSR count). The van der Waals surface area contributed by atoms with Crippen molar-refractivity contribution >= 4 is 5.91 Å². The highest BCUT2D eigenvalue weighted by Gasteiger charge is 2.41. The maximum Gasteiger partial charge on any atom is 0.225 e. The van der Waals surface area contributed by atoms with Gasteiger partial charge in [0.05, 0.1) is 32.3 Å². The Morgan fingerprint density at radius 3 is 2.96 bits per heavy atom. The number of carbonyl (C=O) groups is 1. The van der Waals surface area contributed by atoms with E-state index in [-0.39, 0.29) is 12.0 Å². The number of hydrogen-bond acceptors (Lipinski definition) is 5. The van der Waals surface area contributed by atoms with Crippen molar-refractivity contribution in [2.24, 2.45) is 11.8 Å². The van der Waals surface area contributed by atoms with Crippen LogP contribution in [-0.4, -0.2) is 72.8 Å². The van der Waals surface area contributed by atoms with Crippen LogP contribution >= 0.6 is 0 Å². The zero-order valence-corrected chi connectivity index (χ0v) is 14.7. The summed E-state index contributed by atoms with van der Waals surface area (Å²) in [6.45, 7) is 6.63. The maximum absolute atomic E-state index is 12.5. The molecule has 1 aromatic heterocycles. The molecule has 136 valence electrons. The van der Waals surface area contributed by atoms with Gasteiger partial charge in [0.15, 0.2) is 0 Å². The Bertz CT molecular complexity index is 577. The van der Waals surface area contributed by atoms with E-state index < -0.39 is 0 Å². The van der Waals surface area contributed by atoms with Crippen LogP contribution in [-0.2, 0) is 20.8 Å². The van der Waals surface area contributed by atoms with E-state index >= 15 is 0 Å². The van der Waals surface area contributed by atoms with Crippen LogP contribution in [0.1, 0.15) is 18.4 Å². The predicted molar refractivity (Wildman–Crippen MR) is 92.9 cm³/mol. The SMILES string of the molecule is O=C(C[C@@H]1OC[C@H]2CN(Cc3cccnc3)CC[C@H]21)N1CCOCC1. The summed E-state index contributed by atoms with van der Waals surface area (Å²) in [5.41, 5.74) is 1.26. The van der Waals surface area contributed by atoms with Gasteiger partial charge in [-0.05, 0) is 30.5 Å². The van der Waals surface area contributed by atoms with Gasteiger partial charge >= 0.3 is 0 Å². The fraction of sp³-hybridized carbons (Fsp3) is 0.684. The lowest BCUT2D eigenvalue weighted by Crippen LogP contribution is -2.44. The van der Waals surface area contributed by atoms with Crippen molar-refractivity contribution in [1.29, 1.82) is 0 Å². The average Bonchev–Trinajstić information content (AvgIpc) is 3.05. The zero-order valence-electron chi connectivity index (χ0n) is 14.7. The third kappa shape index (κ3) is 4.02. The molecule has 3 atom stereocenters. The number of ether oxygens (including phenoxy) is 2. The van der Waals surface area contributed by atoms with E-state index in [0.717, 1.165) is 45.8 Å². The molecule has 25 heavy (non-hydrogen) atoms. The largest absolute Gasteiger partial charge is 0.378 e. The van der Waals surface area contributed by atoms with Crippen LogP contribution in [0.2, 0.25) is 0 Å². The first-order valence-corrected chi connectivity index (χ1v) is 9.38. The summed E-state index contributed by atoms with van der Waals surface area (Å²) in [5.74, 6) is 1.30. The van der Waals surface area contributed by atoms with Crippen molar-refractivity contribution in [1.82, 2.24) is 14.8 Å². The van der Waals surface area contributed by atoms with Gasteiger partial charge in [-0.1, -0.05) is 6.07 Å². The number of fused-ring (bicyclic) bond motifs is 1. The molecule has 3 aliphatic rings. The molecule has 0 bridgehead atoms. The predicted octanol–water partition coefficient (Wildman–Crippen LogP) is 1.17. The van der Waals surface area contributed by atoms with Gasteiger partial charge < -0.3 is 14.4 Å². The highest BCUT2D eigenvalue weighted by molar-refractivity contribution is 5.76. The van der Waals surface area contributed by atoms with Crippen molar-refractivity contribution < 1.29 is 14.3 Å². The van der Waals surface area contributed by atoms with Crippen molar-refractivity contribution in [3.8, 4) is 0 Å². The van der Waals surface area contributed by atoms with Crippen LogP contribution in [0.5, 0.6) is 0 Å². The van der Waals surface area contributed by atoms with E-state index in [1.807, 2.05) is 23.4 Å². The average molecular weight is 345 g/mol. The molecule has 0 aromatic carbocycles. The number of morpholine rings is 1. The van der Waals surface area contributed by atoms with Gasteiger partial charge in [-0.2, -0.15) is 0 Å². The molecule has 3 aliphatic heterocycles. The molecule has 0 unspecified atom stereocenters. The molecule has 3 fully saturated rings. The Labute approximate surface area is 149 Å². The minimum Gasteiger partial charge on any atom is -0.378 e. The number of carbonyl (C=O) groups excluding carboxylic acids is 1. The molecule has 0 spiro atoms. The Morgan fingerprint density at radius 1 is 1.28 bits per heavy atom. The molecule has 0 saturated carbocycles. The van der Waals surface area contributed by atoms with Gasteiger partial charge in [0.25, 0.3) is 0 Å². The first-order chi connectivity index (χ1) is 12.3. The number of aromatic nitrogens is 1. The first kappa shape index (κ1) is 16.9. The maximum atomic E-state index is 12.5. The molecule has 1 aromatic rings. The fourth-order valence-electron chi connectivity index (χ4n) is 4.38. The second kappa shape index (κ2) is 7.81. The Hall–Kier alpha value is -1.50. The second-order valence-corrected chi connectivity index (χ2v) is 7.38. The zero-order chi connectivity index (χ0) is 17.1. The normalized spacial score (nSPS) is 30.2. The van der Waals surface area contributed by atoms with E-state index in [1.54, 1.807) is 0 Å². The molecule has 6 nitrogen and oxygen atoms in total. The Morgan fingerprint density at radius 2 is 2.16 bits per heavy atom. The molecular weight excluding hydrogens is 318 g/mol. The van der Waals surface area contributed by atoms with Crippen LogP contribution in [0.3, 0.4) is 0 Å². The van der Waals surface area contributed by atoms with E-state index in [9.17, 15) is 4.79 Å². The summed E-state index contributed by atoms with van der Waals surface area (Å²) in [6, 6.07) is 4.13. The summed E-state index contributed by atoms with van der Waals surface area (Å²) in [5, 5.41) is 0. The third-order valence-electron chi connectivity index (χ3n) is 5.75. The third-order valence-corrected chi connectivity index (χ3v) is 5.75. The van der Waals surface area contributed by atoms with Gasteiger partial charge in [-0.15, -0.1) is 0 Å². The number of pyridine rings is 1. The summed E-state index contributed by atoms with van der Waals surface area (Å²) < 4.78 is 11.4. The van der Waals surface area contributed by atoms with Gasteiger partial charge in [-0.25, -0.2) is 0 Å². The number of amides is 1. The van der Waals surface area contributed by atoms with Crippen molar-refractivity contribution in [2.75, 3.05) is 46.0 Å². The van der Waals surface area contributed by atoms with Crippen LogP contribution in [0, 0.1) is 11.8 Å². The van der Waals surface area contributed by atoms with Crippen LogP contribution in [0.15, 0.2) is 24.5 Å². The van der Waals surface area contributed by atoms with E-state index in [0.29, 0.717) is 31.5 Å². The Kier molecular flexibility index (Phi) is 5.29. The summed E-state index contributed by atoms with van der Waals surface area (Å²) >= 11 is 0. The van der Waals surface area contributed by atoms with Gasteiger partial charge in [0, 0.05) is 44.5 Å². The smallest absolute Gasteiger partial charge is 0.225 e. The van der Waals surface area contributed by atoms with Crippen molar-refractivity contribution in [3.05, 3.63) is 30.1 Å². The Balaban J connectivity index is 1.29. The number of nitrogens with zero attached hydrogens (tertiary/aromatic N) is 3. The lowest BCUT2D eigenvalue weighted by atomic mass is 9.83. The topological polar surface area (TPSA) is 54.9 Å². The highest BCUT2D eigenvalue weighted by Crippen LogP contribution is 2.36. The molecule has 0 N–H and O–H groups in total. The van der Waals surface area contributed by atoms with E-state index in [1.165, 1.54) is 5.56 Å². The molecule has 0 radical (unpaired) electrons. The fourth-order valence-corrected chi connectivity index (χ4v) is 4.38. The van der Waals surface area contributed by atoms with Gasteiger partial charge in [0.1, 0.15) is 0 Å². The standard InChI is InChI=1S/C19H27N3O3/c23-19(22-6-8-24-9-7-22)10-18-17-3-5-21(13-16(17)14-25-18)12-15-2-1-4-20-11-15/h1-2,4,11,16-18H,3,5-10,12-14H2/t16-,17-,18+/m1/s1. The summed E-state index contributed by atoms with van der Waals surface area (Å²) in [4.78, 5) is 21.1. The van der Waals surface area contributed by atoms with Gasteiger partial charge in [0.2, 0.25) is 5.91 Å².